The number of nitrogens with one attached hydrogen (secondary N) is 1. The van der Waals surface area contributed by atoms with E-state index in [-0.39, 0.29) is 42.0 Å². The van der Waals surface area contributed by atoms with Crippen LogP contribution < -0.4 is 24.4 Å². The Labute approximate surface area is 301 Å². The number of hydrogen-bond acceptors (Lipinski definition) is 11. The standard InChI is InChI=1S/C36H35F2N5O6S2/c1-46-25-10-9-23(28(15-25)47-2)18-43(31(45)27-12-11-26(17-39-27)49-33(37)38)29-20-50-32(40-29)36-21-48-35(13-6-14-35)16-24(36)19-51-34(42-36)41-30(44)22-7-4-3-5-8-22/h3-5,7-12,15,17,20,24,33H,6,13-14,16,18-19,21H2,1-2H3,(H,41,42,44)/t24-,36-/m1/s1. The van der Waals surface area contributed by atoms with Crippen molar-refractivity contribution in [2.45, 2.75) is 50.0 Å². The lowest BCUT2D eigenvalue weighted by atomic mass is 9.67. The number of carbonyl (C=O) groups excluding carboxylic acids is 2. The predicted octanol–water partition coefficient (Wildman–Crippen LogP) is 6.69. The number of aliphatic imine (C=N–C) groups is 1. The van der Waals surface area contributed by atoms with Crippen molar-refractivity contribution in [3.05, 3.63) is 94.1 Å². The highest BCUT2D eigenvalue weighted by molar-refractivity contribution is 8.13. The molecule has 4 aromatic rings. The number of amides is 2. The van der Waals surface area contributed by atoms with E-state index in [0.29, 0.717) is 44.4 Å². The number of ether oxygens (including phenoxy) is 4. The molecular formula is C36H35F2N5O6S2. The van der Waals surface area contributed by atoms with Crippen molar-refractivity contribution in [2.75, 3.05) is 31.5 Å². The molecule has 1 aliphatic carbocycles. The summed E-state index contributed by atoms with van der Waals surface area (Å²) < 4.78 is 47.6. The summed E-state index contributed by atoms with van der Waals surface area (Å²) in [5, 5.41) is 5.91. The van der Waals surface area contributed by atoms with Crippen LogP contribution >= 0.6 is 23.1 Å². The van der Waals surface area contributed by atoms with Gasteiger partial charge in [-0.3, -0.25) is 14.5 Å². The van der Waals surface area contributed by atoms with Gasteiger partial charge in [-0.05, 0) is 62.1 Å². The Morgan fingerprint density at radius 3 is 2.57 bits per heavy atom. The molecule has 11 nitrogen and oxygen atoms in total. The number of methoxy groups -OCH3 is 2. The number of thiazole rings is 1. The van der Waals surface area contributed by atoms with E-state index in [4.69, 9.17) is 24.2 Å². The van der Waals surface area contributed by atoms with Crippen molar-refractivity contribution in [3.8, 4) is 17.2 Å². The van der Waals surface area contributed by atoms with Crippen LogP contribution in [0.3, 0.4) is 0 Å². The van der Waals surface area contributed by atoms with Crippen LogP contribution in [-0.4, -0.2) is 65.7 Å². The summed E-state index contributed by atoms with van der Waals surface area (Å²) in [4.78, 5) is 43.2. The van der Waals surface area contributed by atoms with Gasteiger partial charge in [0.05, 0.1) is 39.2 Å². The molecule has 2 fully saturated rings. The molecule has 266 valence electrons. The van der Waals surface area contributed by atoms with Crippen molar-refractivity contribution in [1.82, 2.24) is 15.3 Å². The molecule has 1 N–H and O–H groups in total. The second-order valence-corrected chi connectivity index (χ2v) is 14.4. The molecule has 2 aliphatic heterocycles. The Morgan fingerprint density at radius 1 is 1.08 bits per heavy atom. The lowest BCUT2D eigenvalue weighted by molar-refractivity contribution is -0.169. The monoisotopic (exact) mass is 735 g/mol. The molecule has 0 bridgehead atoms. The molecule has 51 heavy (non-hydrogen) atoms. The maximum Gasteiger partial charge on any atom is 0.387 e. The largest absolute Gasteiger partial charge is 0.497 e. The Morgan fingerprint density at radius 2 is 1.88 bits per heavy atom. The number of alkyl halides is 2. The highest BCUT2D eigenvalue weighted by Gasteiger charge is 2.56. The van der Waals surface area contributed by atoms with Crippen molar-refractivity contribution in [2.24, 2.45) is 10.9 Å². The molecule has 2 aromatic heterocycles. The summed E-state index contributed by atoms with van der Waals surface area (Å²) in [6.45, 7) is -2.71. The van der Waals surface area contributed by atoms with Gasteiger partial charge in [0.25, 0.3) is 11.8 Å². The lowest BCUT2D eigenvalue weighted by Gasteiger charge is -2.54. The zero-order valence-electron chi connectivity index (χ0n) is 27.8. The Hall–Kier alpha value is -4.60. The molecule has 0 unspecified atom stereocenters. The highest BCUT2D eigenvalue weighted by atomic mass is 32.2. The van der Waals surface area contributed by atoms with Gasteiger partial charge in [-0.2, -0.15) is 8.78 Å². The Balaban J connectivity index is 1.25. The minimum Gasteiger partial charge on any atom is -0.497 e. The summed E-state index contributed by atoms with van der Waals surface area (Å²) >= 11 is 2.88. The van der Waals surface area contributed by atoms with Crippen LogP contribution in [0.2, 0.25) is 0 Å². The number of benzene rings is 2. The molecule has 4 heterocycles. The third kappa shape index (κ3) is 7.14. The first-order valence-corrected chi connectivity index (χ1v) is 18.2. The third-order valence-corrected chi connectivity index (χ3v) is 11.6. The lowest BCUT2D eigenvalue weighted by Crippen LogP contribution is -2.57. The fourth-order valence-electron chi connectivity index (χ4n) is 6.61. The smallest absolute Gasteiger partial charge is 0.387 e. The molecular weight excluding hydrogens is 701 g/mol. The molecule has 15 heteroatoms. The van der Waals surface area contributed by atoms with E-state index < -0.39 is 18.1 Å². The minimum atomic E-state index is -3.03. The second-order valence-electron chi connectivity index (χ2n) is 12.5. The average Bonchev–Trinajstić information content (AvgIpc) is 3.64. The average molecular weight is 736 g/mol. The topological polar surface area (TPSA) is 124 Å². The van der Waals surface area contributed by atoms with Gasteiger partial charge >= 0.3 is 6.61 Å². The number of hydrogen-bond donors (Lipinski definition) is 1. The number of amidine groups is 1. The van der Waals surface area contributed by atoms with Gasteiger partial charge < -0.3 is 24.3 Å². The summed E-state index contributed by atoms with van der Waals surface area (Å²) in [6, 6.07) is 16.8. The molecule has 3 aliphatic rings. The van der Waals surface area contributed by atoms with Crippen LogP contribution in [0.4, 0.5) is 14.6 Å². The zero-order chi connectivity index (χ0) is 35.6. The predicted molar refractivity (Wildman–Crippen MR) is 189 cm³/mol. The number of fused-ring (bicyclic) bond motifs is 1. The van der Waals surface area contributed by atoms with Gasteiger partial charge in [0.1, 0.15) is 39.3 Å². The molecule has 1 saturated heterocycles. The van der Waals surface area contributed by atoms with Crippen LogP contribution in [0.5, 0.6) is 17.2 Å². The van der Waals surface area contributed by atoms with E-state index in [1.54, 1.807) is 42.8 Å². The van der Waals surface area contributed by atoms with Crippen LogP contribution in [0.1, 0.15) is 57.1 Å². The SMILES string of the molecule is COc1ccc(CN(C(=O)c2ccc(OC(F)F)cn2)c2csc([C@@]34COC5(CCC5)C[C@@H]3CSC(NC(=O)c3ccccc3)=N4)n2)c(OC)c1. The first kappa shape index (κ1) is 34.8. The fourth-order valence-corrected chi connectivity index (χ4v) is 8.78. The van der Waals surface area contributed by atoms with Gasteiger partial charge in [0.15, 0.2) is 5.17 Å². The van der Waals surface area contributed by atoms with Crippen LogP contribution in [0.25, 0.3) is 0 Å². The van der Waals surface area contributed by atoms with E-state index in [9.17, 15) is 18.4 Å². The minimum absolute atomic E-state index is 0.000562. The van der Waals surface area contributed by atoms with Crippen molar-refractivity contribution < 1.29 is 37.3 Å². The maximum atomic E-state index is 14.2. The molecule has 2 amide bonds. The first-order chi connectivity index (χ1) is 24.7. The normalized spacial score (nSPS) is 20.5. The third-order valence-electron chi connectivity index (χ3n) is 9.52. The molecule has 0 radical (unpaired) electrons. The number of aromatic nitrogens is 2. The van der Waals surface area contributed by atoms with Crippen molar-refractivity contribution in [1.29, 1.82) is 0 Å². The van der Waals surface area contributed by atoms with Gasteiger partial charge in [-0.25, -0.2) is 15.0 Å². The van der Waals surface area contributed by atoms with Crippen molar-refractivity contribution in [3.63, 3.8) is 0 Å². The van der Waals surface area contributed by atoms with Crippen molar-refractivity contribution >= 4 is 45.9 Å². The van der Waals surface area contributed by atoms with Crippen LogP contribution in [-0.2, 0) is 16.8 Å². The van der Waals surface area contributed by atoms with E-state index in [2.05, 4.69) is 15.0 Å². The van der Waals surface area contributed by atoms with E-state index in [1.807, 2.05) is 18.2 Å². The van der Waals surface area contributed by atoms with Gasteiger partial charge in [-0.1, -0.05) is 30.0 Å². The number of nitrogens with zero attached hydrogens (tertiary/aromatic N) is 4. The number of anilines is 1. The zero-order valence-corrected chi connectivity index (χ0v) is 29.5. The van der Waals surface area contributed by atoms with E-state index in [1.165, 1.54) is 47.2 Å². The van der Waals surface area contributed by atoms with Gasteiger partial charge in [0.2, 0.25) is 0 Å². The summed E-state index contributed by atoms with van der Waals surface area (Å²) in [6.07, 6.45) is 4.99. The second kappa shape index (κ2) is 14.6. The number of halogens is 2. The molecule has 1 spiro atoms. The number of carbonyl (C=O) groups is 2. The van der Waals surface area contributed by atoms with E-state index >= 15 is 0 Å². The van der Waals surface area contributed by atoms with Crippen LogP contribution in [0, 0.1) is 5.92 Å². The molecule has 2 atom stereocenters. The highest BCUT2D eigenvalue weighted by Crippen LogP contribution is 2.54. The number of pyridine rings is 1. The quantitative estimate of drug-likeness (QED) is 0.190. The Kier molecular flexibility index (Phi) is 9.94. The molecule has 2 aromatic carbocycles. The summed E-state index contributed by atoms with van der Waals surface area (Å²) in [5.41, 5.74) is 0.120. The fraction of sp³-hybridized carbons (Fsp3) is 0.361. The number of thioether (sulfide) groups is 1. The summed E-state index contributed by atoms with van der Waals surface area (Å²) in [7, 11) is 3.08. The number of rotatable bonds is 10. The Bertz CT molecular complexity index is 1920. The summed E-state index contributed by atoms with van der Waals surface area (Å²) in [5.74, 6) is 1.24. The van der Waals surface area contributed by atoms with E-state index in [0.717, 1.165) is 31.9 Å². The maximum absolute atomic E-state index is 14.2. The van der Waals surface area contributed by atoms with Gasteiger partial charge in [-0.15, -0.1) is 11.3 Å². The first-order valence-electron chi connectivity index (χ1n) is 16.3. The molecule has 7 rings (SSSR count). The van der Waals surface area contributed by atoms with Gasteiger partial charge in [0, 0.05) is 34.2 Å². The molecule has 1 saturated carbocycles. The van der Waals surface area contributed by atoms with Crippen LogP contribution in [0.15, 0.2) is 77.2 Å².